The van der Waals surface area contributed by atoms with Crippen molar-refractivity contribution in [2.45, 2.75) is 33.6 Å². The Morgan fingerprint density at radius 3 is 2.00 bits per heavy atom. The monoisotopic (exact) mass is 241 g/mol. The molecule has 1 heteroatoms. The van der Waals surface area contributed by atoms with Crippen LogP contribution in [0.25, 0.3) is 5.57 Å². The van der Waals surface area contributed by atoms with Crippen molar-refractivity contribution < 1.29 is 0 Å². The fraction of sp³-hybridized carbons (Fsp3) is 0.412. The molecule has 0 atom stereocenters. The molecule has 1 aromatic carbocycles. The van der Waals surface area contributed by atoms with Gasteiger partial charge in [-0.1, -0.05) is 58.0 Å². The molecule has 0 saturated heterocycles. The third kappa shape index (κ3) is 2.84. The van der Waals surface area contributed by atoms with Crippen LogP contribution >= 0.6 is 0 Å². The third-order valence-corrected chi connectivity index (χ3v) is 3.52. The number of benzene rings is 1. The first-order valence-electron chi connectivity index (χ1n) is 6.83. The smallest absolute Gasteiger partial charge is 0.0403 e. The van der Waals surface area contributed by atoms with Crippen molar-refractivity contribution in [1.29, 1.82) is 0 Å². The normalized spacial score (nSPS) is 15.4. The van der Waals surface area contributed by atoms with Gasteiger partial charge in [-0.25, -0.2) is 0 Å². The van der Waals surface area contributed by atoms with Crippen molar-refractivity contribution in [3.8, 4) is 0 Å². The zero-order valence-corrected chi connectivity index (χ0v) is 11.8. The Morgan fingerprint density at radius 2 is 1.56 bits per heavy atom. The Labute approximate surface area is 111 Å². The lowest BCUT2D eigenvalue weighted by Gasteiger charge is -2.20. The quantitative estimate of drug-likeness (QED) is 0.830. The fourth-order valence-corrected chi connectivity index (χ4v) is 2.18. The standard InChI is InChI=1S/C17H23N/c1-12(2)14-5-7-15(8-6-14)16-9-10-17(13(3)4)18-11-16/h5-10,12-13,18H,11H2,1-4H3. The van der Waals surface area contributed by atoms with Gasteiger partial charge >= 0.3 is 0 Å². The SMILES string of the molecule is CC(C)C1=CC=C(c2ccc(C(C)C)cc2)CN1. The van der Waals surface area contributed by atoms with Gasteiger partial charge in [0.2, 0.25) is 0 Å². The van der Waals surface area contributed by atoms with Gasteiger partial charge in [-0.15, -0.1) is 0 Å². The molecule has 1 aliphatic rings. The first-order chi connectivity index (χ1) is 8.58. The van der Waals surface area contributed by atoms with Crippen molar-refractivity contribution in [3.63, 3.8) is 0 Å². The molecule has 1 heterocycles. The largest absolute Gasteiger partial charge is 0.384 e. The fourth-order valence-electron chi connectivity index (χ4n) is 2.18. The Balaban J connectivity index is 2.18. The molecule has 18 heavy (non-hydrogen) atoms. The van der Waals surface area contributed by atoms with Crippen LogP contribution in [-0.4, -0.2) is 6.54 Å². The van der Waals surface area contributed by atoms with Crippen LogP contribution in [0.2, 0.25) is 0 Å². The average molecular weight is 241 g/mol. The van der Waals surface area contributed by atoms with E-state index in [9.17, 15) is 0 Å². The van der Waals surface area contributed by atoms with E-state index < -0.39 is 0 Å². The average Bonchev–Trinajstić information content (AvgIpc) is 2.39. The number of hydrogen-bond acceptors (Lipinski definition) is 1. The molecule has 1 aromatic rings. The van der Waals surface area contributed by atoms with Gasteiger partial charge in [-0.2, -0.15) is 0 Å². The maximum atomic E-state index is 3.50. The molecule has 1 N–H and O–H groups in total. The van der Waals surface area contributed by atoms with Crippen LogP contribution in [0, 0.1) is 5.92 Å². The van der Waals surface area contributed by atoms with E-state index in [1.54, 1.807) is 0 Å². The van der Waals surface area contributed by atoms with Crippen LogP contribution in [0.1, 0.15) is 44.7 Å². The van der Waals surface area contributed by atoms with E-state index in [0.717, 1.165) is 6.54 Å². The van der Waals surface area contributed by atoms with Gasteiger partial charge in [0.1, 0.15) is 0 Å². The summed E-state index contributed by atoms with van der Waals surface area (Å²) >= 11 is 0. The molecule has 0 unspecified atom stereocenters. The van der Waals surface area contributed by atoms with Crippen molar-refractivity contribution in [3.05, 3.63) is 53.2 Å². The number of dihydropyridines is 1. The Morgan fingerprint density at radius 1 is 0.889 bits per heavy atom. The minimum Gasteiger partial charge on any atom is -0.384 e. The topological polar surface area (TPSA) is 12.0 Å². The first kappa shape index (κ1) is 12.9. The van der Waals surface area contributed by atoms with Crippen LogP contribution in [0.3, 0.4) is 0 Å². The van der Waals surface area contributed by atoms with Gasteiger partial charge in [0.05, 0.1) is 0 Å². The van der Waals surface area contributed by atoms with Gasteiger partial charge in [0, 0.05) is 12.2 Å². The van der Waals surface area contributed by atoms with E-state index >= 15 is 0 Å². The lowest BCUT2D eigenvalue weighted by molar-refractivity contribution is 0.679. The molecular weight excluding hydrogens is 218 g/mol. The summed E-state index contributed by atoms with van der Waals surface area (Å²) < 4.78 is 0. The van der Waals surface area contributed by atoms with Crippen LogP contribution in [0.4, 0.5) is 0 Å². The van der Waals surface area contributed by atoms with E-state index in [1.165, 1.54) is 22.4 Å². The highest BCUT2D eigenvalue weighted by atomic mass is 14.9. The minimum atomic E-state index is 0.575. The van der Waals surface area contributed by atoms with E-state index in [4.69, 9.17) is 0 Å². The van der Waals surface area contributed by atoms with Crippen molar-refractivity contribution in [1.82, 2.24) is 5.32 Å². The Kier molecular flexibility index (Phi) is 3.90. The summed E-state index contributed by atoms with van der Waals surface area (Å²) in [4.78, 5) is 0. The molecular formula is C17H23N. The van der Waals surface area contributed by atoms with E-state index in [1.807, 2.05) is 0 Å². The van der Waals surface area contributed by atoms with Gasteiger partial charge in [0.25, 0.3) is 0 Å². The summed E-state index contributed by atoms with van der Waals surface area (Å²) in [7, 11) is 0. The van der Waals surface area contributed by atoms with Gasteiger partial charge in [0.15, 0.2) is 0 Å². The highest BCUT2D eigenvalue weighted by Gasteiger charge is 2.09. The maximum Gasteiger partial charge on any atom is 0.0403 e. The van der Waals surface area contributed by atoms with Gasteiger partial charge in [-0.05, 0) is 34.6 Å². The molecule has 96 valence electrons. The van der Waals surface area contributed by atoms with Gasteiger partial charge in [-0.3, -0.25) is 0 Å². The molecule has 2 rings (SSSR count). The highest BCUT2D eigenvalue weighted by molar-refractivity contribution is 5.70. The van der Waals surface area contributed by atoms with Crippen LogP contribution in [-0.2, 0) is 0 Å². The highest BCUT2D eigenvalue weighted by Crippen LogP contribution is 2.22. The Hall–Kier alpha value is -1.50. The van der Waals surface area contributed by atoms with Gasteiger partial charge < -0.3 is 5.32 Å². The minimum absolute atomic E-state index is 0.575. The second-order valence-electron chi connectivity index (χ2n) is 5.60. The zero-order valence-electron chi connectivity index (χ0n) is 11.8. The van der Waals surface area contributed by atoms with Crippen LogP contribution in [0.15, 0.2) is 42.1 Å². The van der Waals surface area contributed by atoms with E-state index in [0.29, 0.717) is 11.8 Å². The molecule has 0 aliphatic carbocycles. The van der Waals surface area contributed by atoms with Crippen LogP contribution in [0.5, 0.6) is 0 Å². The summed E-state index contributed by atoms with van der Waals surface area (Å²) in [5.41, 5.74) is 5.43. The number of allylic oxidation sites excluding steroid dienone is 3. The van der Waals surface area contributed by atoms with Crippen molar-refractivity contribution in [2.75, 3.05) is 6.54 Å². The van der Waals surface area contributed by atoms with E-state index in [-0.39, 0.29) is 0 Å². The second-order valence-corrected chi connectivity index (χ2v) is 5.60. The number of hydrogen-bond donors (Lipinski definition) is 1. The predicted octanol–water partition coefficient (Wildman–Crippen LogP) is 4.34. The zero-order chi connectivity index (χ0) is 13.1. The molecule has 1 aliphatic heterocycles. The number of rotatable bonds is 3. The predicted molar refractivity (Wildman–Crippen MR) is 79.4 cm³/mol. The molecule has 0 saturated carbocycles. The molecule has 0 bridgehead atoms. The molecule has 0 fully saturated rings. The first-order valence-corrected chi connectivity index (χ1v) is 6.83. The lowest BCUT2D eigenvalue weighted by atomic mass is 9.96. The lowest BCUT2D eigenvalue weighted by Crippen LogP contribution is -2.22. The van der Waals surface area contributed by atoms with Crippen molar-refractivity contribution >= 4 is 5.57 Å². The molecule has 0 radical (unpaired) electrons. The summed E-state index contributed by atoms with van der Waals surface area (Å²) in [5.74, 6) is 1.18. The maximum absolute atomic E-state index is 3.50. The summed E-state index contributed by atoms with van der Waals surface area (Å²) in [6.45, 7) is 9.83. The molecule has 0 spiro atoms. The number of nitrogens with one attached hydrogen (secondary N) is 1. The van der Waals surface area contributed by atoms with Crippen LogP contribution < -0.4 is 5.32 Å². The molecule has 0 amide bonds. The second kappa shape index (κ2) is 5.43. The van der Waals surface area contributed by atoms with E-state index in [2.05, 4.69) is 69.4 Å². The Bertz CT molecular complexity index is 461. The summed E-state index contributed by atoms with van der Waals surface area (Å²) in [6.07, 6.45) is 4.45. The third-order valence-electron chi connectivity index (χ3n) is 3.52. The molecule has 0 aromatic heterocycles. The summed E-state index contributed by atoms with van der Waals surface area (Å²) in [6, 6.07) is 8.94. The molecule has 1 nitrogen and oxygen atoms in total. The summed E-state index contributed by atoms with van der Waals surface area (Å²) in [5, 5.41) is 3.50. The van der Waals surface area contributed by atoms with Crippen molar-refractivity contribution in [2.24, 2.45) is 5.92 Å².